The Morgan fingerprint density at radius 3 is 2.61 bits per heavy atom. The summed E-state index contributed by atoms with van der Waals surface area (Å²) in [6.45, 7) is 0. The van der Waals surface area contributed by atoms with Crippen LogP contribution in [0.3, 0.4) is 0 Å². The number of ether oxygens (including phenoxy) is 1. The molecule has 0 saturated heterocycles. The van der Waals surface area contributed by atoms with Gasteiger partial charge in [-0.1, -0.05) is 0 Å². The molecule has 0 fully saturated rings. The largest absolute Gasteiger partial charge is 0.497 e. The van der Waals surface area contributed by atoms with E-state index in [2.05, 4.69) is 43.8 Å². The summed E-state index contributed by atoms with van der Waals surface area (Å²) in [6, 6.07) is 11.6. The Balaban J connectivity index is 2.25. The number of nitrogens with one attached hydrogen (secondary N) is 1. The van der Waals surface area contributed by atoms with Crippen LogP contribution in [0.15, 0.2) is 40.9 Å². The van der Waals surface area contributed by atoms with Crippen LogP contribution in [0.2, 0.25) is 0 Å². The highest BCUT2D eigenvalue weighted by Crippen LogP contribution is 2.29. The zero-order valence-electron chi connectivity index (χ0n) is 9.71. The maximum atomic E-state index is 5.96. The minimum atomic E-state index is 0.660. The normalized spacial score (nSPS) is 10.2. The lowest BCUT2D eigenvalue weighted by atomic mass is 10.2. The first-order valence-electron chi connectivity index (χ1n) is 5.26. The third kappa shape index (κ3) is 3.08. The van der Waals surface area contributed by atoms with Crippen LogP contribution in [0.4, 0.5) is 17.1 Å². The number of nitrogen functional groups attached to an aromatic ring is 1. The minimum Gasteiger partial charge on any atom is -0.497 e. The Kier molecular flexibility index (Phi) is 4.34. The predicted octanol–water partition coefficient (Wildman–Crippen LogP) is 4.39. The molecule has 18 heavy (non-hydrogen) atoms. The smallest absolute Gasteiger partial charge is 0.121 e. The van der Waals surface area contributed by atoms with Gasteiger partial charge in [-0.3, -0.25) is 0 Å². The van der Waals surface area contributed by atoms with E-state index in [1.807, 2.05) is 30.3 Å². The molecule has 0 aliphatic carbocycles. The topological polar surface area (TPSA) is 47.3 Å². The Morgan fingerprint density at radius 1 is 1.22 bits per heavy atom. The van der Waals surface area contributed by atoms with Gasteiger partial charge in [-0.25, -0.2) is 0 Å². The van der Waals surface area contributed by atoms with Gasteiger partial charge in [0, 0.05) is 19.8 Å². The maximum absolute atomic E-state index is 5.96. The molecule has 3 nitrogen and oxygen atoms in total. The van der Waals surface area contributed by atoms with Crippen LogP contribution in [0.5, 0.6) is 5.75 Å². The molecule has 0 aromatic heterocycles. The van der Waals surface area contributed by atoms with Crippen molar-refractivity contribution in [2.75, 3.05) is 18.2 Å². The molecule has 0 bridgehead atoms. The van der Waals surface area contributed by atoms with Crippen LogP contribution in [-0.4, -0.2) is 7.11 Å². The molecular formula is C13H12BrIN2O. The molecule has 3 N–H and O–H groups in total. The number of methoxy groups -OCH3 is 1. The van der Waals surface area contributed by atoms with Gasteiger partial charge in [0.2, 0.25) is 0 Å². The SMILES string of the molecule is COc1ccc(Nc2ccc(Br)c(I)c2)c(N)c1. The molecular weight excluding hydrogens is 407 g/mol. The zero-order chi connectivity index (χ0) is 13.1. The van der Waals surface area contributed by atoms with E-state index in [9.17, 15) is 0 Å². The van der Waals surface area contributed by atoms with E-state index in [1.54, 1.807) is 13.2 Å². The quantitative estimate of drug-likeness (QED) is 0.574. The van der Waals surface area contributed by atoms with Gasteiger partial charge in [0.25, 0.3) is 0 Å². The van der Waals surface area contributed by atoms with E-state index in [0.29, 0.717) is 5.69 Å². The van der Waals surface area contributed by atoms with Crippen molar-refractivity contribution in [1.82, 2.24) is 0 Å². The highest BCUT2D eigenvalue weighted by Gasteiger charge is 2.03. The molecule has 94 valence electrons. The molecule has 0 amide bonds. The predicted molar refractivity (Wildman–Crippen MR) is 87.5 cm³/mol. The monoisotopic (exact) mass is 418 g/mol. The molecule has 0 heterocycles. The van der Waals surface area contributed by atoms with Crippen molar-refractivity contribution in [3.63, 3.8) is 0 Å². The second kappa shape index (κ2) is 5.79. The molecule has 2 aromatic carbocycles. The van der Waals surface area contributed by atoms with Gasteiger partial charge < -0.3 is 15.8 Å². The van der Waals surface area contributed by atoms with Crippen LogP contribution < -0.4 is 15.8 Å². The number of halogens is 2. The van der Waals surface area contributed by atoms with Gasteiger partial charge in [-0.15, -0.1) is 0 Å². The van der Waals surface area contributed by atoms with Crippen molar-refractivity contribution < 1.29 is 4.74 Å². The zero-order valence-corrected chi connectivity index (χ0v) is 13.4. The van der Waals surface area contributed by atoms with Gasteiger partial charge in [0.05, 0.1) is 18.5 Å². The van der Waals surface area contributed by atoms with Crippen molar-refractivity contribution in [3.8, 4) is 5.75 Å². The average Bonchev–Trinajstić information content (AvgIpc) is 2.36. The Morgan fingerprint density at radius 2 is 2.00 bits per heavy atom. The second-order valence-electron chi connectivity index (χ2n) is 3.71. The molecule has 0 aliphatic heterocycles. The average molecular weight is 419 g/mol. The Bertz CT molecular complexity index is 575. The number of rotatable bonds is 3. The summed E-state index contributed by atoms with van der Waals surface area (Å²) in [7, 11) is 1.62. The number of hydrogen-bond donors (Lipinski definition) is 2. The van der Waals surface area contributed by atoms with Gasteiger partial charge in [-0.2, -0.15) is 0 Å². The first-order valence-corrected chi connectivity index (χ1v) is 7.13. The minimum absolute atomic E-state index is 0.660. The van der Waals surface area contributed by atoms with Crippen LogP contribution in [-0.2, 0) is 0 Å². The summed E-state index contributed by atoms with van der Waals surface area (Å²) in [4.78, 5) is 0. The van der Waals surface area contributed by atoms with Crippen molar-refractivity contribution in [3.05, 3.63) is 44.4 Å². The molecule has 2 rings (SSSR count). The summed E-state index contributed by atoms with van der Waals surface area (Å²) >= 11 is 5.75. The summed E-state index contributed by atoms with van der Waals surface area (Å²) in [5.74, 6) is 0.753. The highest BCUT2D eigenvalue weighted by atomic mass is 127. The van der Waals surface area contributed by atoms with Crippen molar-refractivity contribution in [2.24, 2.45) is 0 Å². The van der Waals surface area contributed by atoms with E-state index in [0.717, 1.165) is 25.2 Å². The first-order chi connectivity index (χ1) is 8.60. The lowest BCUT2D eigenvalue weighted by Gasteiger charge is -2.11. The third-order valence-electron chi connectivity index (χ3n) is 2.46. The van der Waals surface area contributed by atoms with E-state index in [1.165, 1.54) is 0 Å². The van der Waals surface area contributed by atoms with Crippen LogP contribution in [0.25, 0.3) is 0 Å². The molecule has 0 unspecified atom stereocenters. The van der Waals surface area contributed by atoms with Crippen molar-refractivity contribution in [2.45, 2.75) is 0 Å². The lowest BCUT2D eigenvalue weighted by Crippen LogP contribution is -1.97. The molecule has 0 saturated carbocycles. The van der Waals surface area contributed by atoms with Gasteiger partial charge in [0.1, 0.15) is 5.75 Å². The van der Waals surface area contributed by atoms with Crippen LogP contribution >= 0.6 is 38.5 Å². The van der Waals surface area contributed by atoms with Crippen LogP contribution in [0.1, 0.15) is 0 Å². The first kappa shape index (κ1) is 13.5. The summed E-state index contributed by atoms with van der Waals surface area (Å²) in [5.41, 5.74) is 8.49. The maximum Gasteiger partial charge on any atom is 0.121 e. The second-order valence-corrected chi connectivity index (χ2v) is 5.72. The van der Waals surface area contributed by atoms with Gasteiger partial charge in [-0.05, 0) is 68.9 Å². The standard InChI is InChI=1S/C13H12BrIN2O/c1-18-9-3-5-13(12(16)7-9)17-8-2-4-10(14)11(15)6-8/h2-7,17H,16H2,1H3. The lowest BCUT2D eigenvalue weighted by molar-refractivity contribution is 0.415. The molecule has 0 atom stereocenters. The Labute approximate surface area is 128 Å². The Hall–Kier alpha value is -0.950. The number of hydrogen-bond acceptors (Lipinski definition) is 3. The fraction of sp³-hybridized carbons (Fsp3) is 0.0769. The molecule has 0 radical (unpaired) electrons. The van der Waals surface area contributed by atoms with Crippen LogP contribution in [0, 0.1) is 3.57 Å². The fourth-order valence-electron chi connectivity index (χ4n) is 1.51. The van der Waals surface area contributed by atoms with Crippen molar-refractivity contribution >= 4 is 55.6 Å². The molecule has 2 aromatic rings. The highest BCUT2D eigenvalue weighted by molar-refractivity contribution is 14.1. The summed E-state index contributed by atoms with van der Waals surface area (Å²) in [5, 5.41) is 3.29. The van der Waals surface area contributed by atoms with E-state index >= 15 is 0 Å². The van der Waals surface area contributed by atoms with Gasteiger partial charge in [0.15, 0.2) is 0 Å². The summed E-state index contributed by atoms with van der Waals surface area (Å²) < 4.78 is 7.34. The molecule has 0 aliphatic rings. The van der Waals surface area contributed by atoms with Gasteiger partial charge >= 0.3 is 0 Å². The number of benzene rings is 2. The summed E-state index contributed by atoms with van der Waals surface area (Å²) in [6.07, 6.45) is 0. The fourth-order valence-corrected chi connectivity index (χ4v) is 2.27. The van der Waals surface area contributed by atoms with Crippen molar-refractivity contribution in [1.29, 1.82) is 0 Å². The number of anilines is 3. The molecule has 0 spiro atoms. The third-order valence-corrected chi connectivity index (χ3v) is 4.78. The van der Waals surface area contributed by atoms with E-state index < -0.39 is 0 Å². The van der Waals surface area contributed by atoms with E-state index in [4.69, 9.17) is 10.5 Å². The van der Waals surface area contributed by atoms with E-state index in [-0.39, 0.29) is 0 Å². The molecule has 5 heteroatoms. The number of nitrogens with two attached hydrogens (primary N) is 1.